The lowest BCUT2D eigenvalue weighted by molar-refractivity contribution is 0.189. The van der Waals surface area contributed by atoms with Crippen LogP contribution < -0.4 is 10.1 Å². The monoisotopic (exact) mass is 346 g/mol. The summed E-state index contributed by atoms with van der Waals surface area (Å²) in [6, 6.07) is 7.96. The molecule has 1 aliphatic heterocycles. The van der Waals surface area contributed by atoms with E-state index in [0.29, 0.717) is 5.13 Å². The van der Waals surface area contributed by atoms with E-state index in [1.54, 1.807) is 7.11 Å². The van der Waals surface area contributed by atoms with Crippen LogP contribution in [0.2, 0.25) is 0 Å². The Bertz CT molecular complexity index is 686. The Hall–Kier alpha value is -2.15. The van der Waals surface area contributed by atoms with Gasteiger partial charge in [0.15, 0.2) is 0 Å². The van der Waals surface area contributed by atoms with Crippen LogP contribution in [0.15, 0.2) is 24.3 Å². The minimum Gasteiger partial charge on any atom is -0.497 e. The molecule has 6 nitrogen and oxygen atoms in total. The molecule has 0 bridgehead atoms. The number of likely N-dealkylation sites (tertiary alicyclic amines) is 1. The molecule has 2 heterocycles. The van der Waals surface area contributed by atoms with E-state index in [9.17, 15) is 4.79 Å². The van der Waals surface area contributed by atoms with Crippen molar-refractivity contribution in [1.82, 2.24) is 15.1 Å². The minimum atomic E-state index is -0.103. The van der Waals surface area contributed by atoms with Crippen LogP contribution in [0.5, 0.6) is 5.75 Å². The maximum atomic E-state index is 12.8. The third-order valence-corrected chi connectivity index (χ3v) is 5.01. The summed E-state index contributed by atoms with van der Waals surface area (Å²) >= 11 is 1.39. The summed E-state index contributed by atoms with van der Waals surface area (Å²) in [5.74, 6) is 0.827. The van der Waals surface area contributed by atoms with E-state index in [-0.39, 0.29) is 12.1 Å². The molecule has 1 aliphatic rings. The summed E-state index contributed by atoms with van der Waals surface area (Å²) in [6.45, 7) is 2.62. The van der Waals surface area contributed by atoms with E-state index in [4.69, 9.17) is 4.74 Å². The van der Waals surface area contributed by atoms with Gasteiger partial charge in [-0.1, -0.05) is 36.3 Å². The number of carbonyl (C=O) groups is 1. The Kier molecular flexibility index (Phi) is 5.30. The number of methoxy groups -OCH3 is 1. The van der Waals surface area contributed by atoms with Crippen LogP contribution in [-0.2, 0) is 0 Å². The predicted octanol–water partition coefficient (Wildman–Crippen LogP) is 4.00. The third kappa shape index (κ3) is 3.84. The Balaban J connectivity index is 1.79. The molecule has 1 atom stereocenters. The molecule has 128 valence electrons. The number of nitrogens with one attached hydrogen (secondary N) is 1. The molecule has 1 aromatic heterocycles. The SMILES string of the molecule is COc1ccc(C2CCCCCN2C(=O)Nc2nnc(C)s2)cc1. The number of urea groups is 1. The predicted molar refractivity (Wildman–Crippen MR) is 94.6 cm³/mol. The van der Waals surface area contributed by atoms with E-state index in [0.717, 1.165) is 48.5 Å². The Morgan fingerprint density at radius 3 is 2.71 bits per heavy atom. The van der Waals surface area contributed by atoms with Gasteiger partial charge in [-0.15, -0.1) is 10.2 Å². The number of ether oxygens (including phenoxy) is 1. The first-order valence-electron chi connectivity index (χ1n) is 8.19. The summed E-state index contributed by atoms with van der Waals surface area (Å²) in [7, 11) is 1.66. The van der Waals surface area contributed by atoms with E-state index < -0.39 is 0 Å². The van der Waals surface area contributed by atoms with Gasteiger partial charge in [0.25, 0.3) is 0 Å². The van der Waals surface area contributed by atoms with Crippen LogP contribution >= 0.6 is 11.3 Å². The fourth-order valence-electron chi connectivity index (χ4n) is 3.03. The topological polar surface area (TPSA) is 67.3 Å². The summed E-state index contributed by atoms with van der Waals surface area (Å²) in [4.78, 5) is 14.7. The van der Waals surface area contributed by atoms with Crippen LogP contribution in [0.1, 0.15) is 42.3 Å². The highest BCUT2D eigenvalue weighted by atomic mass is 32.1. The van der Waals surface area contributed by atoms with Gasteiger partial charge in [-0.2, -0.15) is 0 Å². The highest BCUT2D eigenvalue weighted by molar-refractivity contribution is 7.15. The van der Waals surface area contributed by atoms with E-state index >= 15 is 0 Å². The zero-order chi connectivity index (χ0) is 16.9. The standard InChI is InChI=1S/C17H22N4O2S/c1-12-19-20-16(24-12)18-17(22)21-11-5-3-4-6-15(21)13-7-9-14(23-2)10-8-13/h7-10,15H,3-6,11H2,1-2H3,(H,18,20,22). The number of hydrogen-bond acceptors (Lipinski definition) is 5. The zero-order valence-corrected chi connectivity index (χ0v) is 14.8. The van der Waals surface area contributed by atoms with Gasteiger partial charge in [0.05, 0.1) is 13.2 Å². The van der Waals surface area contributed by atoms with Crippen molar-refractivity contribution in [2.24, 2.45) is 0 Å². The number of carbonyl (C=O) groups excluding carboxylic acids is 1. The van der Waals surface area contributed by atoms with Crippen LogP contribution in [0.25, 0.3) is 0 Å². The van der Waals surface area contributed by atoms with Crippen LogP contribution in [0, 0.1) is 6.92 Å². The van der Waals surface area contributed by atoms with E-state index in [2.05, 4.69) is 15.5 Å². The lowest BCUT2D eigenvalue weighted by atomic mass is 10.0. The number of benzene rings is 1. The molecule has 3 rings (SSSR count). The van der Waals surface area contributed by atoms with Gasteiger partial charge in [0, 0.05) is 6.54 Å². The first kappa shape index (κ1) is 16.7. The largest absolute Gasteiger partial charge is 0.497 e. The maximum Gasteiger partial charge on any atom is 0.324 e. The van der Waals surface area contributed by atoms with Crippen molar-refractivity contribution in [3.63, 3.8) is 0 Å². The first-order valence-corrected chi connectivity index (χ1v) is 9.00. The molecule has 0 spiro atoms. The third-order valence-electron chi connectivity index (χ3n) is 4.25. The molecule has 0 radical (unpaired) electrons. The number of aromatic nitrogens is 2. The zero-order valence-electron chi connectivity index (χ0n) is 14.0. The quantitative estimate of drug-likeness (QED) is 0.912. The summed E-state index contributed by atoms with van der Waals surface area (Å²) in [5.41, 5.74) is 1.14. The Morgan fingerprint density at radius 1 is 1.25 bits per heavy atom. The molecule has 1 fully saturated rings. The molecule has 1 unspecified atom stereocenters. The fraction of sp³-hybridized carbons (Fsp3) is 0.471. The molecule has 2 aromatic rings. The number of aryl methyl sites for hydroxylation is 1. The van der Waals surface area contributed by atoms with Crippen molar-refractivity contribution >= 4 is 22.5 Å². The number of amides is 2. The van der Waals surface area contributed by atoms with Crippen molar-refractivity contribution in [1.29, 1.82) is 0 Å². The number of anilines is 1. The van der Waals surface area contributed by atoms with Crippen LogP contribution in [-0.4, -0.2) is 34.8 Å². The highest BCUT2D eigenvalue weighted by Crippen LogP contribution is 2.31. The average molecular weight is 346 g/mol. The molecule has 1 N–H and O–H groups in total. The van der Waals surface area contributed by atoms with Crippen molar-refractivity contribution < 1.29 is 9.53 Å². The Morgan fingerprint density at radius 2 is 2.04 bits per heavy atom. The van der Waals surface area contributed by atoms with Crippen LogP contribution in [0.4, 0.5) is 9.93 Å². The summed E-state index contributed by atoms with van der Waals surface area (Å²) in [6.07, 6.45) is 4.26. The van der Waals surface area contributed by atoms with Gasteiger partial charge in [0.1, 0.15) is 10.8 Å². The normalized spacial score (nSPS) is 18.1. The summed E-state index contributed by atoms with van der Waals surface area (Å²) < 4.78 is 5.23. The van der Waals surface area contributed by atoms with Gasteiger partial charge in [-0.25, -0.2) is 4.79 Å². The van der Waals surface area contributed by atoms with E-state index in [1.807, 2.05) is 36.1 Å². The fourth-order valence-corrected chi connectivity index (χ4v) is 3.62. The van der Waals surface area contributed by atoms with Crippen molar-refractivity contribution in [2.75, 3.05) is 19.0 Å². The second-order valence-corrected chi connectivity index (χ2v) is 7.07. The van der Waals surface area contributed by atoms with Gasteiger partial charge >= 0.3 is 6.03 Å². The lowest BCUT2D eigenvalue weighted by Crippen LogP contribution is -2.38. The maximum absolute atomic E-state index is 12.8. The molecular formula is C17H22N4O2S. The van der Waals surface area contributed by atoms with Gasteiger partial charge in [-0.05, 0) is 37.5 Å². The number of hydrogen-bond donors (Lipinski definition) is 1. The van der Waals surface area contributed by atoms with E-state index in [1.165, 1.54) is 11.3 Å². The minimum absolute atomic E-state index is 0.0763. The van der Waals surface area contributed by atoms with Gasteiger partial charge < -0.3 is 9.64 Å². The average Bonchev–Trinajstić information content (AvgIpc) is 2.86. The number of nitrogens with zero attached hydrogens (tertiary/aromatic N) is 3. The molecule has 1 saturated heterocycles. The molecular weight excluding hydrogens is 324 g/mol. The van der Waals surface area contributed by atoms with Gasteiger partial charge in [-0.3, -0.25) is 5.32 Å². The number of rotatable bonds is 3. The van der Waals surface area contributed by atoms with Crippen LogP contribution in [0.3, 0.4) is 0 Å². The van der Waals surface area contributed by atoms with Gasteiger partial charge in [0.2, 0.25) is 5.13 Å². The molecule has 7 heteroatoms. The lowest BCUT2D eigenvalue weighted by Gasteiger charge is -2.30. The smallest absolute Gasteiger partial charge is 0.324 e. The van der Waals surface area contributed by atoms with Crippen molar-refractivity contribution in [3.05, 3.63) is 34.8 Å². The van der Waals surface area contributed by atoms with Crippen molar-refractivity contribution in [3.8, 4) is 5.75 Å². The molecule has 24 heavy (non-hydrogen) atoms. The second kappa shape index (κ2) is 7.61. The molecule has 0 saturated carbocycles. The first-order chi connectivity index (χ1) is 11.7. The molecule has 2 amide bonds. The highest BCUT2D eigenvalue weighted by Gasteiger charge is 2.27. The molecule has 1 aromatic carbocycles. The Labute approximate surface area is 145 Å². The van der Waals surface area contributed by atoms with Crippen molar-refractivity contribution in [2.45, 2.75) is 38.6 Å². The summed E-state index contributed by atoms with van der Waals surface area (Å²) in [5, 5.41) is 12.2. The molecule has 0 aliphatic carbocycles. The second-order valence-electron chi connectivity index (χ2n) is 5.89.